The molecule has 1 aliphatic carbocycles. The van der Waals surface area contributed by atoms with Crippen LogP contribution in [0.4, 0.5) is 13.2 Å². The molecule has 0 amide bonds. The molecule has 0 radical (unpaired) electrons. The highest BCUT2D eigenvalue weighted by Crippen LogP contribution is 2.40. The van der Waals surface area contributed by atoms with Gasteiger partial charge in [0.25, 0.3) is 0 Å². The van der Waals surface area contributed by atoms with Crippen LogP contribution in [0.1, 0.15) is 49.1 Å². The highest BCUT2D eigenvalue weighted by molar-refractivity contribution is 5.88. The van der Waals surface area contributed by atoms with Crippen molar-refractivity contribution in [2.75, 3.05) is 0 Å². The summed E-state index contributed by atoms with van der Waals surface area (Å²) in [7, 11) is 0. The van der Waals surface area contributed by atoms with Crippen molar-refractivity contribution in [3.8, 4) is 0 Å². The molecule has 1 fully saturated rings. The van der Waals surface area contributed by atoms with Gasteiger partial charge in [0.1, 0.15) is 0 Å². The molecule has 1 aliphatic rings. The Kier molecular flexibility index (Phi) is 3.40. The Labute approximate surface area is 115 Å². The Morgan fingerprint density at radius 1 is 0.950 bits per heavy atom. The smallest absolute Gasteiger partial charge is 0.264 e. The lowest BCUT2D eigenvalue weighted by Gasteiger charge is -2.24. The van der Waals surface area contributed by atoms with Crippen molar-refractivity contribution in [2.24, 2.45) is 0 Å². The summed E-state index contributed by atoms with van der Waals surface area (Å²) in [4.78, 5) is 4.02. The Morgan fingerprint density at radius 3 is 2.40 bits per heavy atom. The Bertz CT molecular complexity index is 613. The van der Waals surface area contributed by atoms with Crippen LogP contribution in [0.5, 0.6) is 0 Å². The van der Waals surface area contributed by atoms with Crippen LogP contribution in [0.3, 0.4) is 0 Å². The number of pyridine rings is 1. The number of alkyl halides is 3. The first-order chi connectivity index (χ1) is 9.57. The van der Waals surface area contributed by atoms with Crippen molar-refractivity contribution in [3.63, 3.8) is 0 Å². The predicted octanol–water partition coefficient (Wildman–Crippen LogP) is 5.30. The first-order valence-corrected chi connectivity index (χ1v) is 7.01. The predicted molar refractivity (Wildman–Crippen MR) is 72.6 cm³/mol. The van der Waals surface area contributed by atoms with E-state index in [1.165, 1.54) is 24.8 Å². The number of rotatable bonds is 1. The summed E-state index contributed by atoms with van der Waals surface area (Å²) in [6.07, 6.45) is 4.38. The number of nitrogens with zero attached hydrogens (tertiary/aromatic N) is 1. The minimum absolute atomic E-state index is 0.274. The van der Waals surface area contributed by atoms with Gasteiger partial charge in [-0.1, -0.05) is 25.3 Å². The molecule has 1 heterocycles. The van der Waals surface area contributed by atoms with Crippen molar-refractivity contribution < 1.29 is 13.2 Å². The van der Waals surface area contributed by atoms with E-state index in [0.29, 0.717) is 11.3 Å². The fourth-order valence-corrected chi connectivity index (χ4v) is 3.23. The first kappa shape index (κ1) is 13.4. The minimum atomic E-state index is -4.31. The maximum absolute atomic E-state index is 13.1. The molecule has 0 N–H and O–H groups in total. The van der Waals surface area contributed by atoms with Gasteiger partial charge in [-0.15, -0.1) is 0 Å². The fraction of sp³-hybridized carbons (Fsp3) is 0.438. The largest absolute Gasteiger partial charge is 0.417 e. The van der Waals surface area contributed by atoms with Gasteiger partial charge in [0, 0.05) is 17.8 Å². The summed E-state index contributed by atoms with van der Waals surface area (Å²) in [5.74, 6) is 0.373. The van der Waals surface area contributed by atoms with E-state index < -0.39 is 11.7 Å². The molecule has 106 valence electrons. The van der Waals surface area contributed by atoms with E-state index in [-0.39, 0.29) is 5.39 Å². The SMILES string of the molecule is FC(F)(F)c1ccc(C2CCCCC2)c2cnccc12. The number of benzene rings is 1. The van der Waals surface area contributed by atoms with Crippen molar-refractivity contribution in [2.45, 2.75) is 44.2 Å². The maximum atomic E-state index is 13.1. The molecular weight excluding hydrogens is 263 g/mol. The summed E-state index contributed by atoms with van der Waals surface area (Å²) >= 11 is 0. The summed E-state index contributed by atoms with van der Waals surface area (Å²) in [5, 5.41) is 0.935. The lowest BCUT2D eigenvalue weighted by atomic mass is 9.82. The van der Waals surface area contributed by atoms with Gasteiger partial charge in [-0.2, -0.15) is 13.2 Å². The van der Waals surface area contributed by atoms with Gasteiger partial charge in [-0.25, -0.2) is 0 Å². The lowest BCUT2D eigenvalue weighted by molar-refractivity contribution is -0.136. The zero-order valence-electron chi connectivity index (χ0n) is 11.1. The normalized spacial score (nSPS) is 17.6. The van der Waals surface area contributed by atoms with Crippen molar-refractivity contribution in [1.29, 1.82) is 0 Å². The molecule has 1 aromatic heterocycles. The van der Waals surface area contributed by atoms with E-state index in [0.717, 1.165) is 31.2 Å². The average Bonchev–Trinajstić information content (AvgIpc) is 2.46. The van der Waals surface area contributed by atoms with E-state index in [1.54, 1.807) is 12.3 Å². The van der Waals surface area contributed by atoms with E-state index in [4.69, 9.17) is 0 Å². The molecule has 3 rings (SSSR count). The molecule has 1 saturated carbocycles. The Morgan fingerprint density at radius 2 is 1.70 bits per heavy atom. The van der Waals surface area contributed by atoms with Crippen molar-refractivity contribution in [3.05, 3.63) is 41.7 Å². The Balaban J connectivity index is 2.16. The molecular formula is C16H16F3N. The molecule has 0 spiro atoms. The quantitative estimate of drug-likeness (QED) is 0.690. The number of aromatic nitrogens is 1. The van der Waals surface area contributed by atoms with Gasteiger partial charge in [-0.3, -0.25) is 4.98 Å². The van der Waals surface area contributed by atoms with Crippen LogP contribution in [-0.4, -0.2) is 4.98 Å². The first-order valence-electron chi connectivity index (χ1n) is 7.01. The van der Waals surface area contributed by atoms with Gasteiger partial charge < -0.3 is 0 Å². The second-order valence-corrected chi connectivity index (χ2v) is 5.46. The van der Waals surface area contributed by atoms with E-state index in [1.807, 2.05) is 0 Å². The third kappa shape index (κ3) is 2.39. The van der Waals surface area contributed by atoms with Gasteiger partial charge >= 0.3 is 6.18 Å². The fourth-order valence-electron chi connectivity index (χ4n) is 3.23. The highest BCUT2D eigenvalue weighted by atomic mass is 19.4. The topological polar surface area (TPSA) is 12.9 Å². The molecule has 4 heteroatoms. The molecule has 1 aromatic carbocycles. The minimum Gasteiger partial charge on any atom is -0.264 e. The van der Waals surface area contributed by atoms with Crippen LogP contribution < -0.4 is 0 Å². The van der Waals surface area contributed by atoms with Crippen LogP contribution >= 0.6 is 0 Å². The molecule has 1 nitrogen and oxygen atoms in total. The average molecular weight is 279 g/mol. The third-order valence-corrected chi connectivity index (χ3v) is 4.20. The van der Waals surface area contributed by atoms with Crippen LogP contribution in [0.25, 0.3) is 10.8 Å². The highest BCUT2D eigenvalue weighted by Gasteiger charge is 2.33. The molecule has 0 bridgehead atoms. The Hall–Kier alpha value is -1.58. The van der Waals surface area contributed by atoms with Gasteiger partial charge in [0.2, 0.25) is 0 Å². The second-order valence-electron chi connectivity index (χ2n) is 5.46. The standard InChI is InChI=1S/C16H16F3N/c17-16(18,19)15-7-6-12(11-4-2-1-3-5-11)14-10-20-9-8-13(14)15/h6-11H,1-5H2. The van der Waals surface area contributed by atoms with Crippen molar-refractivity contribution >= 4 is 10.8 Å². The molecule has 0 saturated heterocycles. The number of hydrogen-bond donors (Lipinski definition) is 0. The van der Waals surface area contributed by atoms with E-state index in [9.17, 15) is 13.2 Å². The molecule has 0 unspecified atom stereocenters. The van der Waals surface area contributed by atoms with Crippen molar-refractivity contribution in [1.82, 2.24) is 4.98 Å². The van der Waals surface area contributed by atoms with E-state index in [2.05, 4.69) is 4.98 Å². The van der Waals surface area contributed by atoms with Crippen LogP contribution in [0.2, 0.25) is 0 Å². The number of fused-ring (bicyclic) bond motifs is 1. The lowest BCUT2D eigenvalue weighted by Crippen LogP contribution is -2.09. The number of hydrogen-bond acceptors (Lipinski definition) is 1. The van der Waals surface area contributed by atoms with Gasteiger partial charge in [0.15, 0.2) is 0 Å². The monoisotopic (exact) mass is 279 g/mol. The van der Waals surface area contributed by atoms with Gasteiger partial charge in [0.05, 0.1) is 5.56 Å². The summed E-state index contributed by atoms with van der Waals surface area (Å²) in [6.45, 7) is 0. The second kappa shape index (κ2) is 5.08. The van der Waals surface area contributed by atoms with E-state index >= 15 is 0 Å². The summed E-state index contributed by atoms with van der Waals surface area (Å²) in [5.41, 5.74) is 0.468. The molecule has 0 aliphatic heterocycles. The third-order valence-electron chi connectivity index (χ3n) is 4.20. The summed E-state index contributed by atoms with van der Waals surface area (Å²) in [6, 6.07) is 4.36. The maximum Gasteiger partial charge on any atom is 0.417 e. The van der Waals surface area contributed by atoms with Crippen LogP contribution in [-0.2, 0) is 6.18 Å². The molecule has 20 heavy (non-hydrogen) atoms. The van der Waals surface area contributed by atoms with Crippen LogP contribution in [0, 0.1) is 0 Å². The zero-order valence-corrected chi connectivity index (χ0v) is 11.1. The number of halogens is 3. The van der Waals surface area contributed by atoms with Crippen LogP contribution in [0.15, 0.2) is 30.6 Å². The zero-order chi connectivity index (χ0) is 14.2. The molecule has 0 atom stereocenters. The summed E-state index contributed by atoms with van der Waals surface area (Å²) < 4.78 is 39.2. The van der Waals surface area contributed by atoms with Gasteiger partial charge in [-0.05, 0) is 41.8 Å². The molecule has 2 aromatic rings.